The molecule has 0 aromatic heterocycles. The number of hydrogen-bond acceptors (Lipinski definition) is 1. The number of hydrogen-bond donors (Lipinski definition) is 0. The smallest absolute Gasteiger partial charge is 0.230 e. The molecule has 0 N–H and O–H groups in total. The van der Waals surface area contributed by atoms with Gasteiger partial charge in [-0.3, -0.25) is 4.79 Å². The van der Waals surface area contributed by atoms with Crippen LogP contribution in [0.25, 0.3) is 0 Å². The van der Waals surface area contributed by atoms with Crippen molar-refractivity contribution in [2.45, 2.75) is 32.2 Å². The van der Waals surface area contributed by atoms with Gasteiger partial charge in [0.1, 0.15) is 5.82 Å². The van der Waals surface area contributed by atoms with Crippen molar-refractivity contribution in [3.05, 3.63) is 71.5 Å². The Bertz CT molecular complexity index is 612. The molecule has 0 aliphatic carbocycles. The van der Waals surface area contributed by atoms with E-state index >= 15 is 0 Å². The number of nitrogens with zero attached hydrogens (tertiary/aromatic N) is 1. The Morgan fingerprint density at radius 3 is 2.36 bits per heavy atom. The molecule has 116 valence electrons. The average Bonchev–Trinajstić information content (AvgIpc) is 2.55. The number of carbonyl (C=O) groups excluding carboxylic acids is 1. The first kappa shape index (κ1) is 16.2. The molecule has 0 aliphatic heterocycles. The molecule has 0 heterocycles. The van der Waals surface area contributed by atoms with Crippen LogP contribution in [0.1, 0.15) is 36.8 Å². The molecule has 0 bridgehead atoms. The Morgan fingerprint density at radius 1 is 1.09 bits per heavy atom. The van der Waals surface area contributed by atoms with Crippen molar-refractivity contribution in [2.75, 3.05) is 7.05 Å². The van der Waals surface area contributed by atoms with Crippen LogP contribution in [0, 0.1) is 5.82 Å². The summed E-state index contributed by atoms with van der Waals surface area (Å²) in [6, 6.07) is 16.4. The fraction of sp³-hybridized carbons (Fsp3) is 0.316. The third-order valence-electron chi connectivity index (χ3n) is 3.82. The molecular formula is C19H22FNO. The highest BCUT2D eigenvalue weighted by Crippen LogP contribution is 2.24. The number of benzene rings is 2. The van der Waals surface area contributed by atoms with Crippen molar-refractivity contribution >= 4 is 5.91 Å². The molecule has 1 amide bonds. The van der Waals surface area contributed by atoms with Gasteiger partial charge in [-0.25, -0.2) is 4.39 Å². The zero-order valence-electron chi connectivity index (χ0n) is 13.1. The predicted molar refractivity (Wildman–Crippen MR) is 87.0 cm³/mol. The Kier molecular flexibility index (Phi) is 5.70. The van der Waals surface area contributed by atoms with Crippen molar-refractivity contribution in [3.8, 4) is 0 Å². The standard InChI is InChI=1S/C19H22FNO/c1-3-9-17(15-10-5-4-6-11-15)19(22)21(2)14-16-12-7-8-13-18(16)20/h4-8,10-13,17H,3,9,14H2,1-2H3. The maximum atomic E-state index is 13.7. The predicted octanol–water partition coefficient (Wildman–Crippen LogP) is 4.37. The molecule has 0 fully saturated rings. The minimum Gasteiger partial charge on any atom is -0.341 e. The summed E-state index contributed by atoms with van der Waals surface area (Å²) >= 11 is 0. The van der Waals surface area contributed by atoms with E-state index < -0.39 is 0 Å². The van der Waals surface area contributed by atoms with Gasteiger partial charge in [-0.2, -0.15) is 0 Å². The van der Waals surface area contributed by atoms with E-state index in [0.717, 1.165) is 18.4 Å². The first-order chi connectivity index (χ1) is 10.6. The van der Waals surface area contributed by atoms with Crippen LogP contribution in [0.3, 0.4) is 0 Å². The minimum atomic E-state index is -0.270. The molecule has 0 radical (unpaired) electrons. The van der Waals surface area contributed by atoms with Gasteiger partial charge in [-0.05, 0) is 18.1 Å². The summed E-state index contributed by atoms with van der Waals surface area (Å²) in [7, 11) is 1.74. The molecule has 22 heavy (non-hydrogen) atoms. The molecular weight excluding hydrogens is 277 g/mol. The van der Waals surface area contributed by atoms with Crippen LogP contribution in [-0.2, 0) is 11.3 Å². The fourth-order valence-electron chi connectivity index (χ4n) is 2.63. The maximum Gasteiger partial charge on any atom is 0.230 e. The lowest BCUT2D eigenvalue weighted by Gasteiger charge is -2.24. The van der Waals surface area contributed by atoms with E-state index in [1.165, 1.54) is 6.07 Å². The average molecular weight is 299 g/mol. The third-order valence-corrected chi connectivity index (χ3v) is 3.82. The van der Waals surface area contributed by atoms with E-state index in [0.29, 0.717) is 12.1 Å². The largest absolute Gasteiger partial charge is 0.341 e. The van der Waals surface area contributed by atoms with Crippen molar-refractivity contribution in [2.24, 2.45) is 0 Å². The van der Waals surface area contributed by atoms with Crippen LogP contribution in [0.5, 0.6) is 0 Å². The highest BCUT2D eigenvalue weighted by atomic mass is 19.1. The lowest BCUT2D eigenvalue weighted by atomic mass is 9.93. The number of amides is 1. The lowest BCUT2D eigenvalue weighted by Crippen LogP contribution is -2.31. The summed E-state index contributed by atoms with van der Waals surface area (Å²) in [5.41, 5.74) is 1.57. The van der Waals surface area contributed by atoms with Gasteiger partial charge >= 0.3 is 0 Å². The van der Waals surface area contributed by atoms with E-state index in [1.807, 2.05) is 30.3 Å². The molecule has 2 aromatic rings. The van der Waals surface area contributed by atoms with Gasteiger partial charge < -0.3 is 4.90 Å². The molecule has 0 aliphatic rings. The summed E-state index contributed by atoms with van der Waals surface area (Å²) in [5, 5.41) is 0. The number of likely N-dealkylation sites (N-methyl/N-ethyl adjacent to an activating group) is 1. The van der Waals surface area contributed by atoms with Crippen LogP contribution >= 0.6 is 0 Å². The van der Waals surface area contributed by atoms with Gasteiger partial charge in [0.25, 0.3) is 0 Å². The summed E-state index contributed by atoms with van der Waals surface area (Å²) in [6.07, 6.45) is 1.73. The normalized spacial score (nSPS) is 12.0. The number of rotatable bonds is 6. The Labute approximate surface area is 131 Å². The van der Waals surface area contributed by atoms with Crippen LogP contribution in [0.15, 0.2) is 54.6 Å². The van der Waals surface area contributed by atoms with Crippen molar-refractivity contribution < 1.29 is 9.18 Å². The summed E-state index contributed by atoms with van der Waals surface area (Å²) in [5.74, 6) is -0.395. The van der Waals surface area contributed by atoms with Gasteiger partial charge in [-0.1, -0.05) is 61.9 Å². The van der Waals surface area contributed by atoms with E-state index in [-0.39, 0.29) is 17.6 Å². The van der Waals surface area contributed by atoms with Gasteiger partial charge in [0.15, 0.2) is 0 Å². The zero-order valence-corrected chi connectivity index (χ0v) is 13.1. The Morgan fingerprint density at radius 2 is 1.73 bits per heavy atom. The molecule has 0 saturated carbocycles. The summed E-state index contributed by atoms with van der Waals surface area (Å²) < 4.78 is 13.7. The molecule has 2 aromatic carbocycles. The first-order valence-electron chi connectivity index (χ1n) is 7.66. The Balaban J connectivity index is 2.15. The number of carbonyl (C=O) groups is 1. The highest BCUT2D eigenvalue weighted by Gasteiger charge is 2.23. The SMILES string of the molecule is CCCC(C(=O)N(C)Cc1ccccc1F)c1ccccc1. The molecule has 3 heteroatoms. The third kappa shape index (κ3) is 3.94. The van der Waals surface area contributed by atoms with Crippen LogP contribution in [0.4, 0.5) is 4.39 Å². The lowest BCUT2D eigenvalue weighted by molar-refractivity contribution is -0.132. The minimum absolute atomic E-state index is 0.0382. The molecule has 1 atom stereocenters. The topological polar surface area (TPSA) is 20.3 Å². The quantitative estimate of drug-likeness (QED) is 0.775. The van der Waals surface area contributed by atoms with Gasteiger partial charge in [-0.15, -0.1) is 0 Å². The Hall–Kier alpha value is -2.16. The fourth-order valence-corrected chi connectivity index (χ4v) is 2.63. The van der Waals surface area contributed by atoms with Crippen molar-refractivity contribution in [1.29, 1.82) is 0 Å². The van der Waals surface area contributed by atoms with Gasteiger partial charge in [0.2, 0.25) is 5.91 Å². The van der Waals surface area contributed by atoms with Crippen LogP contribution in [-0.4, -0.2) is 17.9 Å². The second-order valence-corrected chi connectivity index (χ2v) is 5.54. The molecule has 0 spiro atoms. The first-order valence-corrected chi connectivity index (χ1v) is 7.66. The summed E-state index contributed by atoms with van der Waals surface area (Å²) in [6.45, 7) is 2.36. The second-order valence-electron chi connectivity index (χ2n) is 5.54. The summed E-state index contributed by atoms with van der Waals surface area (Å²) in [4.78, 5) is 14.4. The van der Waals surface area contributed by atoms with Crippen molar-refractivity contribution in [1.82, 2.24) is 4.90 Å². The van der Waals surface area contributed by atoms with E-state index in [1.54, 1.807) is 30.1 Å². The van der Waals surface area contributed by atoms with E-state index in [4.69, 9.17) is 0 Å². The second kappa shape index (κ2) is 7.74. The molecule has 1 unspecified atom stereocenters. The van der Waals surface area contributed by atoms with Crippen LogP contribution in [0.2, 0.25) is 0 Å². The number of halogens is 1. The maximum absolute atomic E-state index is 13.7. The van der Waals surface area contributed by atoms with E-state index in [9.17, 15) is 9.18 Å². The monoisotopic (exact) mass is 299 g/mol. The van der Waals surface area contributed by atoms with Gasteiger partial charge in [0, 0.05) is 19.2 Å². The molecule has 2 nitrogen and oxygen atoms in total. The van der Waals surface area contributed by atoms with E-state index in [2.05, 4.69) is 6.92 Å². The zero-order chi connectivity index (χ0) is 15.9. The van der Waals surface area contributed by atoms with Gasteiger partial charge in [0.05, 0.1) is 5.92 Å². The van der Waals surface area contributed by atoms with Crippen LogP contribution < -0.4 is 0 Å². The molecule has 2 rings (SSSR count). The highest BCUT2D eigenvalue weighted by molar-refractivity contribution is 5.83. The molecule has 0 saturated heterocycles. The van der Waals surface area contributed by atoms with Crippen molar-refractivity contribution in [3.63, 3.8) is 0 Å².